The predicted molar refractivity (Wildman–Crippen MR) is 71.2 cm³/mol. The molecule has 1 saturated heterocycles. The number of nitrogen functional groups attached to an aromatic ring is 1. The van der Waals surface area contributed by atoms with E-state index in [0.29, 0.717) is 0 Å². The minimum Gasteiger partial charge on any atom is -0.478 e. The van der Waals surface area contributed by atoms with Gasteiger partial charge in [0.1, 0.15) is 18.1 Å². The van der Waals surface area contributed by atoms with Crippen molar-refractivity contribution in [2.75, 3.05) is 12.3 Å². The fourth-order valence-corrected chi connectivity index (χ4v) is 2.09. The summed E-state index contributed by atoms with van der Waals surface area (Å²) in [4.78, 5) is 26.3. The van der Waals surface area contributed by atoms with Crippen molar-refractivity contribution in [2.24, 2.45) is 0 Å². The molecule has 1 aromatic heterocycles. The number of rotatable bonds is 4. The largest absolute Gasteiger partial charge is 0.478 e. The summed E-state index contributed by atoms with van der Waals surface area (Å²) in [6.45, 7) is 2.96. The quantitative estimate of drug-likeness (QED) is 0.494. The van der Waals surface area contributed by atoms with Crippen molar-refractivity contribution in [3.05, 3.63) is 28.8 Å². The summed E-state index contributed by atoms with van der Waals surface area (Å²) in [6.07, 6.45) is -1.37. The van der Waals surface area contributed by atoms with Gasteiger partial charge in [-0.3, -0.25) is 4.57 Å². The Hall–Kier alpha value is -2.23. The third kappa shape index (κ3) is 2.79. The molecular formula is C12H15N3O6. The van der Waals surface area contributed by atoms with Crippen LogP contribution in [0.3, 0.4) is 0 Å². The van der Waals surface area contributed by atoms with E-state index in [1.54, 1.807) is 0 Å². The highest BCUT2D eigenvalue weighted by Crippen LogP contribution is 2.28. The molecule has 2 rings (SSSR count). The molecule has 2 heterocycles. The summed E-state index contributed by atoms with van der Waals surface area (Å²) in [6, 6.07) is 0. The van der Waals surface area contributed by atoms with Gasteiger partial charge in [0.2, 0.25) is 0 Å². The number of carboxylic acids is 1. The zero-order valence-electron chi connectivity index (χ0n) is 11.0. The molecule has 1 aromatic rings. The number of aliphatic hydroxyl groups excluding tert-OH is 2. The Labute approximate surface area is 118 Å². The number of anilines is 1. The van der Waals surface area contributed by atoms with Crippen molar-refractivity contribution in [2.45, 2.75) is 24.9 Å². The molecule has 0 saturated carbocycles. The number of hydrogen-bond acceptors (Lipinski definition) is 7. The first kappa shape index (κ1) is 15.2. The number of nitrogens with zero attached hydrogens (tertiary/aromatic N) is 2. The van der Waals surface area contributed by atoms with Gasteiger partial charge in [0.05, 0.1) is 18.3 Å². The standard InChI is InChI=1S/C12H15N3O6/c1-5(11(18)19)6-3-15(12(20)14-10(6)13)9-2-7(17)8(4-16)21-9/h3,7-9,16-17H,1-2,4H2,(H,18,19)(H2,13,14,20)/t7-,8+,9+/m1/s1. The molecule has 1 fully saturated rings. The van der Waals surface area contributed by atoms with Gasteiger partial charge in [0.25, 0.3) is 0 Å². The average molecular weight is 297 g/mol. The Balaban J connectivity index is 2.41. The molecule has 0 bridgehead atoms. The Morgan fingerprint density at radius 3 is 2.81 bits per heavy atom. The number of hydrogen-bond donors (Lipinski definition) is 4. The van der Waals surface area contributed by atoms with E-state index < -0.39 is 36.7 Å². The Bertz CT molecular complexity index is 640. The molecule has 0 unspecified atom stereocenters. The number of ether oxygens (including phenoxy) is 1. The Morgan fingerprint density at radius 2 is 2.29 bits per heavy atom. The van der Waals surface area contributed by atoms with Crippen LogP contribution in [0.4, 0.5) is 5.82 Å². The number of aliphatic hydroxyl groups is 2. The van der Waals surface area contributed by atoms with E-state index in [4.69, 9.17) is 20.7 Å². The second kappa shape index (κ2) is 5.64. The molecule has 21 heavy (non-hydrogen) atoms. The molecule has 1 aliphatic heterocycles. The van der Waals surface area contributed by atoms with Crippen molar-refractivity contribution in [3.8, 4) is 0 Å². The van der Waals surface area contributed by atoms with Crippen LogP contribution in [0.2, 0.25) is 0 Å². The molecule has 114 valence electrons. The van der Waals surface area contributed by atoms with E-state index in [-0.39, 0.29) is 23.4 Å². The van der Waals surface area contributed by atoms with Gasteiger partial charge in [0.15, 0.2) is 0 Å². The van der Waals surface area contributed by atoms with E-state index in [2.05, 4.69) is 11.6 Å². The Kier molecular flexibility index (Phi) is 4.07. The number of carbonyl (C=O) groups is 1. The molecule has 0 radical (unpaired) electrons. The molecule has 0 aromatic carbocycles. The summed E-state index contributed by atoms with van der Waals surface area (Å²) >= 11 is 0. The summed E-state index contributed by atoms with van der Waals surface area (Å²) in [5.41, 5.74) is 4.46. The topological polar surface area (TPSA) is 148 Å². The SMILES string of the molecule is C=C(C(=O)O)c1cn([C@@H]2C[C@@H](O)[C@H](CO)O2)c(=O)nc1N. The van der Waals surface area contributed by atoms with E-state index >= 15 is 0 Å². The summed E-state index contributed by atoms with van der Waals surface area (Å²) in [7, 11) is 0. The average Bonchev–Trinajstić information content (AvgIpc) is 2.79. The first-order valence-corrected chi connectivity index (χ1v) is 6.10. The molecule has 0 amide bonds. The van der Waals surface area contributed by atoms with Gasteiger partial charge in [-0.25, -0.2) is 9.59 Å². The van der Waals surface area contributed by atoms with Gasteiger partial charge in [0, 0.05) is 18.2 Å². The van der Waals surface area contributed by atoms with Crippen LogP contribution in [0.1, 0.15) is 18.2 Å². The highest BCUT2D eigenvalue weighted by atomic mass is 16.5. The van der Waals surface area contributed by atoms with E-state index in [9.17, 15) is 14.7 Å². The minimum absolute atomic E-state index is 0.00682. The predicted octanol–water partition coefficient (Wildman–Crippen LogP) is -1.44. The van der Waals surface area contributed by atoms with Crippen molar-refractivity contribution >= 4 is 17.4 Å². The van der Waals surface area contributed by atoms with Gasteiger partial charge in [-0.05, 0) is 0 Å². The van der Waals surface area contributed by atoms with Crippen molar-refractivity contribution < 1.29 is 24.9 Å². The Morgan fingerprint density at radius 1 is 1.62 bits per heavy atom. The highest BCUT2D eigenvalue weighted by Gasteiger charge is 2.35. The van der Waals surface area contributed by atoms with Crippen LogP contribution in [0.25, 0.3) is 5.57 Å². The van der Waals surface area contributed by atoms with Crippen LogP contribution in [0, 0.1) is 0 Å². The monoisotopic (exact) mass is 297 g/mol. The zero-order chi connectivity index (χ0) is 15.7. The van der Waals surface area contributed by atoms with Crippen molar-refractivity contribution in [3.63, 3.8) is 0 Å². The lowest BCUT2D eigenvalue weighted by molar-refractivity contribution is -0.130. The van der Waals surface area contributed by atoms with Gasteiger partial charge >= 0.3 is 11.7 Å². The highest BCUT2D eigenvalue weighted by molar-refractivity contribution is 6.15. The van der Waals surface area contributed by atoms with Crippen molar-refractivity contribution in [1.82, 2.24) is 9.55 Å². The lowest BCUT2D eigenvalue weighted by Gasteiger charge is -2.16. The van der Waals surface area contributed by atoms with Gasteiger partial charge in [-0.15, -0.1) is 0 Å². The molecule has 9 heteroatoms. The van der Waals surface area contributed by atoms with Crippen molar-refractivity contribution in [1.29, 1.82) is 0 Å². The first-order valence-electron chi connectivity index (χ1n) is 6.10. The van der Waals surface area contributed by atoms with E-state index in [0.717, 1.165) is 4.57 Å². The van der Waals surface area contributed by atoms with Gasteiger partial charge < -0.3 is 25.8 Å². The fourth-order valence-electron chi connectivity index (χ4n) is 2.09. The third-order valence-corrected chi connectivity index (χ3v) is 3.26. The summed E-state index contributed by atoms with van der Waals surface area (Å²) < 4.78 is 6.36. The lowest BCUT2D eigenvalue weighted by atomic mass is 10.1. The molecule has 9 nitrogen and oxygen atoms in total. The summed E-state index contributed by atoms with van der Waals surface area (Å²) in [5, 5.41) is 27.6. The molecule has 0 spiro atoms. The molecule has 5 N–H and O–H groups in total. The van der Waals surface area contributed by atoms with Crippen LogP contribution >= 0.6 is 0 Å². The van der Waals surface area contributed by atoms with Gasteiger partial charge in [-0.1, -0.05) is 6.58 Å². The van der Waals surface area contributed by atoms with Crippen LogP contribution in [0.15, 0.2) is 17.6 Å². The lowest BCUT2D eigenvalue weighted by Crippen LogP contribution is -2.29. The number of nitrogens with two attached hydrogens (primary N) is 1. The maximum absolute atomic E-state index is 11.8. The van der Waals surface area contributed by atoms with Crippen LogP contribution in [-0.2, 0) is 9.53 Å². The second-order valence-corrected chi connectivity index (χ2v) is 4.63. The number of aliphatic carboxylic acids is 1. The number of carboxylic acid groups (broad SMARTS) is 1. The smallest absolute Gasteiger partial charge is 0.351 e. The third-order valence-electron chi connectivity index (χ3n) is 3.26. The maximum Gasteiger partial charge on any atom is 0.351 e. The molecule has 1 aliphatic rings. The molecular weight excluding hydrogens is 282 g/mol. The van der Waals surface area contributed by atoms with Crippen LogP contribution in [-0.4, -0.2) is 49.7 Å². The first-order chi connectivity index (χ1) is 9.85. The number of aromatic nitrogens is 2. The maximum atomic E-state index is 11.8. The zero-order valence-corrected chi connectivity index (χ0v) is 11.0. The van der Waals surface area contributed by atoms with Crippen LogP contribution < -0.4 is 11.4 Å². The van der Waals surface area contributed by atoms with E-state index in [1.165, 1.54) is 6.20 Å². The second-order valence-electron chi connectivity index (χ2n) is 4.63. The van der Waals surface area contributed by atoms with Crippen LogP contribution in [0.5, 0.6) is 0 Å². The van der Waals surface area contributed by atoms with Gasteiger partial charge in [-0.2, -0.15) is 4.98 Å². The van der Waals surface area contributed by atoms with E-state index in [1.807, 2.05) is 0 Å². The molecule has 3 atom stereocenters. The molecule has 0 aliphatic carbocycles. The minimum atomic E-state index is -1.30. The fraction of sp³-hybridized carbons (Fsp3) is 0.417. The summed E-state index contributed by atoms with van der Waals surface area (Å²) in [5.74, 6) is -1.55. The normalized spacial score (nSPS) is 25.0.